The summed E-state index contributed by atoms with van der Waals surface area (Å²) in [5, 5.41) is 1.91. The van der Waals surface area contributed by atoms with Crippen molar-refractivity contribution in [3.05, 3.63) is 42.2 Å². The molecular weight excluding hydrogens is 215 g/mol. The quantitative estimate of drug-likeness (QED) is 0.880. The highest BCUT2D eigenvalue weighted by atomic mass is 19.1. The van der Waals surface area contributed by atoms with Crippen LogP contribution in [0.2, 0.25) is 0 Å². The van der Waals surface area contributed by atoms with Crippen molar-refractivity contribution in [3.8, 4) is 0 Å². The van der Waals surface area contributed by atoms with Gasteiger partial charge in [-0.05, 0) is 35.8 Å². The Hall–Kier alpha value is -1.48. The zero-order chi connectivity index (χ0) is 11.9. The Morgan fingerprint density at radius 2 is 2.18 bits per heavy atom. The van der Waals surface area contributed by atoms with Crippen molar-refractivity contribution in [2.75, 3.05) is 6.54 Å². The van der Waals surface area contributed by atoms with E-state index < -0.39 is 5.67 Å². The number of fused-ring (bicyclic) bond motifs is 1. The summed E-state index contributed by atoms with van der Waals surface area (Å²) in [5.41, 5.74) is 4.99. The zero-order valence-electron chi connectivity index (χ0n) is 9.57. The maximum atomic E-state index is 15.0. The van der Waals surface area contributed by atoms with Gasteiger partial charge < -0.3 is 5.73 Å². The third kappa shape index (κ3) is 1.62. The van der Waals surface area contributed by atoms with Gasteiger partial charge in [0.05, 0.1) is 0 Å². The van der Waals surface area contributed by atoms with E-state index in [0.29, 0.717) is 5.56 Å². The summed E-state index contributed by atoms with van der Waals surface area (Å²) in [4.78, 5) is 4.09. The zero-order valence-corrected chi connectivity index (χ0v) is 9.57. The molecule has 3 rings (SSSR count). The molecule has 0 amide bonds. The molecule has 1 aliphatic rings. The van der Waals surface area contributed by atoms with E-state index in [9.17, 15) is 0 Å². The maximum Gasteiger partial charge on any atom is 0.151 e. The first-order valence-electron chi connectivity index (χ1n) is 5.98. The van der Waals surface area contributed by atoms with Gasteiger partial charge in [-0.15, -0.1) is 0 Å². The number of benzene rings is 1. The molecule has 1 aromatic heterocycles. The second kappa shape index (κ2) is 3.77. The third-order valence-corrected chi connectivity index (χ3v) is 3.65. The number of alkyl halides is 1. The lowest BCUT2D eigenvalue weighted by Gasteiger charge is -2.25. The van der Waals surface area contributed by atoms with E-state index in [1.807, 2.05) is 24.3 Å². The van der Waals surface area contributed by atoms with Crippen LogP contribution in [0.15, 0.2) is 36.7 Å². The predicted octanol–water partition coefficient (Wildman–Crippen LogP) is 2.77. The molecule has 1 fully saturated rings. The monoisotopic (exact) mass is 230 g/mol. The van der Waals surface area contributed by atoms with Crippen molar-refractivity contribution in [1.82, 2.24) is 4.98 Å². The minimum Gasteiger partial charge on any atom is -0.327 e. The van der Waals surface area contributed by atoms with Gasteiger partial charge in [-0.25, -0.2) is 4.39 Å². The van der Waals surface area contributed by atoms with Gasteiger partial charge in [0.25, 0.3) is 0 Å². The van der Waals surface area contributed by atoms with E-state index in [-0.39, 0.29) is 12.5 Å². The second-order valence-corrected chi connectivity index (χ2v) is 4.74. The van der Waals surface area contributed by atoms with Crippen molar-refractivity contribution in [2.24, 2.45) is 11.7 Å². The molecule has 1 aromatic carbocycles. The minimum absolute atomic E-state index is 0.0473. The highest BCUT2D eigenvalue weighted by molar-refractivity contribution is 5.85. The molecular formula is C14H15FN2. The molecule has 1 heterocycles. The first-order chi connectivity index (χ1) is 8.25. The molecule has 3 heteroatoms. The number of hydrogen-bond acceptors (Lipinski definition) is 2. The van der Waals surface area contributed by atoms with Gasteiger partial charge in [-0.3, -0.25) is 4.98 Å². The van der Waals surface area contributed by atoms with E-state index in [4.69, 9.17) is 5.73 Å². The lowest BCUT2D eigenvalue weighted by atomic mass is 9.87. The Morgan fingerprint density at radius 3 is 2.88 bits per heavy atom. The van der Waals surface area contributed by atoms with Crippen molar-refractivity contribution in [2.45, 2.75) is 18.5 Å². The summed E-state index contributed by atoms with van der Waals surface area (Å²) in [6.07, 6.45) is 5.33. The molecule has 1 saturated carbocycles. The molecule has 0 radical (unpaired) electrons. The van der Waals surface area contributed by atoms with Crippen LogP contribution >= 0.6 is 0 Å². The SMILES string of the molecule is NCC(F)(c1cccc2ccncc12)C1CC1. The standard InChI is InChI=1S/C14H15FN2/c15-14(9-16,11-4-5-11)13-3-1-2-10-6-7-17-8-12(10)13/h1-3,6-8,11H,4-5,9,16H2. The molecule has 1 unspecified atom stereocenters. The highest BCUT2D eigenvalue weighted by Gasteiger charge is 2.46. The Labute approximate surface area is 99.7 Å². The molecule has 2 nitrogen and oxygen atoms in total. The van der Waals surface area contributed by atoms with Crippen molar-refractivity contribution >= 4 is 10.8 Å². The smallest absolute Gasteiger partial charge is 0.151 e. The Kier molecular flexibility index (Phi) is 2.37. The average Bonchev–Trinajstić information content (AvgIpc) is 3.22. The Morgan fingerprint density at radius 1 is 1.35 bits per heavy atom. The van der Waals surface area contributed by atoms with Gasteiger partial charge >= 0.3 is 0 Å². The molecule has 0 bridgehead atoms. The van der Waals surface area contributed by atoms with Crippen molar-refractivity contribution in [1.29, 1.82) is 0 Å². The number of nitrogens with two attached hydrogens (primary N) is 1. The van der Waals surface area contributed by atoms with Crippen LogP contribution in [0.1, 0.15) is 18.4 Å². The lowest BCUT2D eigenvalue weighted by molar-refractivity contribution is 0.145. The van der Waals surface area contributed by atoms with Gasteiger partial charge in [0.1, 0.15) is 0 Å². The van der Waals surface area contributed by atoms with E-state index >= 15 is 4.39 Å². The van der Waals surface area contributed by atoms with Crippen LogP contribution in [-0.2, 0) is 5.67 Å². The summed E-state index contributed by atoms with van der Waals surface area (Å²) < 4.78 is 15.0. The molecule has 2 N–H and O–H groups in total. The number of nitrogens with zero attached hydrogens (tertiary/aromatic N) is 1. The van der Waals surface area contributed by atoms with E-state index in [2.05, 4.69) is 4.98 Å². The van der Waals surface area contributed by atoms with Crippen LogP contribution in [0.5, 0.6) is 0 Å². The maximum absolute atomic E-state index is 15.0. The number of pyridine rings is 1. The summed E-state index contributed by atoms with van der Waals surface area (Å²) in [5.74, 6) is 0.0818. The largest absolute Gasteiger partial charge is 0.327 e. The van der Waals surface area contributed by atoms with E-state index in [0.717, 1.165) is 23.6 Å². The normalized spacial score (nSPS) is 19.2. The molecule has 0 aliphatic heterocycles. The van der Waals surface area contributed by atoms with Crippen molar-refractivity contribution < 1.29 is 4.39 Å². The molecule has 0 saturated heterocycles. The fourth-order valence-electron chi connectivity index (χ4n) is 2.51. The Bertz CT molecular complexity index is 545. The predicted molar refractivity (Wildman–Crippen MR) is 66.3 cm³/mol. The average molecular weight is 230 g/mol. The molecule has 1 atom stereocenters. The molecule has 1 aliphatic carbocycles. The van der Waals surface area contributed by atoms with Crippen molar-refractivity contribution in [3.63, 3.8) is 0 Å². The summed E-state index contributed by atoms with van der Waals surface area (Å²) in [7, 11) is 0. The lowest BCUT2D eigenvalue weighted by Crippen LogP contribution is -2.32. The number of hydrogen-bond donors (Lipinski definition) is 1. The number of rotatable bonds is 3. The minimum atomic E-state index is -1.39. The van der Waals surface area contributed by atoms with Gasteiger partial charge in [0.15, 0.2) is 5.67 Å². The van der Waals surface area contributed by atoms with Gasteiger partial charge in [-0.1, -0.05) is 18.2 Å². The highest BCUT2D eigenvalue weighted by Crippen LogP contribution is 2.49. The second-order valence-electron chi connectivity index (χ2n) is 4.74. The first kappa shape index (κ1) is 10.7. The first-order valence-corrected chi connectivity index (χ1v) is 5.98. The van der Waals surface area contributed by atoms with Gasteiger partial charge in [0.2, 0.25) is 0 Å². The van der Waals surface area contributed by atoms with Gasteiger partial charge in [-0.2, -0.15) is 0 Å². The molecule has 17 heavy (non-hydrogen) atoms. The van der Waals surface area contributed by atoms with Crippen LogP contribution in [0.25, 0.3) is 10.8 Å². The van der Waals surface area contributed by atoms with Crippen LogP contribution in [0, 0.1) is 5.92 Å². The van der Waals surface area contributed by atoms with Crippen LogP contribution in [0.3, 0.4) is 0 Å². The molecule has 2 aromatic rings. The van der Waals surface area contributed by atoms with Crippen LogP contribution in [0.4, 0.5) is 4.39 Å². The Balaban J connectivity index is 2.22. The topological polar surface area (TPSA) is 38.9 Å². The molecule has 0 spiro atoms. The fourth-order valence-corrected chi connectivity index (χ4v) is 2.51. The fraction of sp³-hybridized carbons (Fsp3) is 0.357. The third-order valence-electron chi connectivity index (χ3n) is 3.65. The van der Waals surface area contributed by atoms with Gasteiger partial charge in [0, 0.05) is 24.3 Å². The number of halogens is 1. The summed E-state index contributed by atoms with van der Waals surface area (Å²) >= 11 is 0. The van der Waals surface area contributed by atoms with Crippen LogP contribution in [-0.4, -0.2) is 11.5 Å². The van der Waals surface area contributed by atoms with Crippen LogP contribution < -0.4 is 5.73 Å². The van der Waals surface area contributed by atoms with E-state index in [1.54, 1.807) is 12.4 Å². The summed E-state index contributed by atoms with van der Waals surface area (Å²) in [6.45, 7) is 0.0473. The summed E-state index contributed by atoms with van der Waals surface area (Å²) in [6, 6.07) is 7.62. The van der Waals surface area contributed by atoms with E-state index in [1.165, 1.54) is 0 Å². The number of aromatic nitrogens is 1. The molecule has 88 valence electrons.